The average molecular weight is 1610 g/mol. The van der Waals surface area contributed by atoms with Gasteiger partial charge in [0.25, 0.3) is 11.8 Å². The number of thiazole rings is 2. The number of rotatable bonds is 44. The van der Waals surface area contributed by atoms with Crippen LogP contribution in [0.3, 0.4) is 0 Å². The van der Waals surface area contributed by atoms with Crippen molar-refractivity contribution in [1.82, 2.24) is 51.1 Å². The maximum absolute atomic E-state index is 14.7. The number of ether oxygens (including phenoxy) is 2. The number of ketones is 2. The number of Topliss-reactive ketones (excluding diaryl/α,β-unsaturated/α-hetero) is 2. The third kappa shape index (κ3) is 31.5. The zero-order valence-corrected chi connectivity index (χ0v) is 70.7. The van der Waals surface area contributed by atoms with Gasteiger partial charge in [-0.3, -0.25) is 68.6 Å². The number of aromatic nitrogens is 2. The first kappa shape index (κ1) is 99.6. The Labute approximate surface area is 683 Å². The Hall–Kier alpha value is -7.56. The number of nitrogens with one attached hydrogen (secondary N) is 4. The summed E-state index contributed by atoms with van der Waals surface area (Å²) in [6.45, 7) is 29.0. The summed E-state index contributed by atoms with van der Waals surface area (Å²) in [6, 6.07) is 14.6. The highest BCUT2D eigenvalue weighted by atomic mass is 32.1. The van der Waals surface area contributed by atoms with Crippen LogP contribution in [0.1, 0.15) is 281 Å². The van der Waals surface area contributed by atoms with E-state index in [-0.39, 0.29) is 196 Å². The largest absolute Gasteiger partial charge is 0.508 e. The van der Waals surface area contributed by atoms with E-state index in [1.54, 1.807) is 58.7 Å². The molecule has 4 aromatic rings. The van der Waals surface area contributed by atoms with E-state index in [0.29, 0.717) is 51.4 Å². The van der Waals surface area contributed by atoms with Crippen LogP contribution < -0.4 is 33.2 Å². The van der Waals surface area contributed by atoms with Crippen LogP contribution in [0.25, 0.3) is 0 Å². The van der Waals surface area contributed by atoms with Crippen LogP contribution in [-0.4, -0.2) is 171 Å². The molecule has 27 heteroatoms. The lowest BCUT2D eigenvalue weighted by Gasteiger charge is -2.39. The second-order valence-electron chi connectivity index (χ2n) is 31.9. The first-order valence-electron chi connectivity index (χ1n) is 40.5. The van der Waals surface area contributed by atoms with Crippen LogP contribution in [0.4, 0.5) is 0 Å². The topological polar surface area (TPSA) is 348 Å². The predicted molar refractivity (Wildman–Crippen MR) is 449 cm³/mol. The molecule has 2 unspecified atom stereocenters. The van der Waals surface area contributed by atoms with Gasteiger partial charge in [-0.1, -0.05) is 180 Å². The SMILES string of the molecule is C.C.CCCC(=O)OCN(C(=O)[C@@H](CC(=O)[C@H]1CCCCN1C)C(C)CC)[C@H](C[C@@H](C)c1nc(C(=O)N[C@@H](Cc2ccc(O)cc2)C[C@H](C)C(=O)NN)cs1)C(C)C.CCCC(=O)OCN(C(=O)[C@@H](CC(=O)[C@H]1CCCCN1C)C(C)CC)[C@H](C[C@@H](C)c1nc(C(=O)N[C@@H](Cc2ccccc2)C[C@H](C)C(=O)NN)cs1)C(C)C. The maximum Gasteiger partial charge on any atom is 0.307 e. The number of esters is 2. The Morgan fingerprint density at radius 2 is 0.912 bits per heavy atom. The Bertz CT molecular complexity index is 3580. The van der Waals surface area contributed by atoms with Crippen molar-refractivity contribution in [3.05, 3.63) is 97.9 Å². The lowest BCUT2D eigenvalue weighted by atomic mass is 9.82. The molecule has 4 heterocycles. The number of likely N-dealkylation sites (tertiary alicyclic amines) is 2. The van der Waals surface area contributed by atoms with Gasteiger partial charge < -0.3 is 35.0 Å². The van der Waals surface area contributed by atoms with E-state index in [4.69, 9.17) is 31.1 Å². The van der Waals surface area contributed by atoms with Crippen molar-refractivity contribution in [3.8, 4) is 5.75 Å². The third-order valence-electron chi connectivity index (χ3n) is 22.4. The fourth-order valence-corrected chi connectivity index (χ4v) is 16.7. The molecule has 113 heavy (non-hydrogen) atoms. The first-order chi connectivity index (χ1) is 52.8. The van der Waals surface area contributed by atoms with E-state index < -0.39 is 29.7 Å². The first-order valence-corrected chi connectivity index (χ1v) is 42.3. The third-order valence-corrected chi connectivity index (χ3v) is 24.5. The monoisotopic (exact) mass is 1610 g/mol. The van der Waals surface area contributed by atoms with Crippen LogP contribution in [0, 0.1) is 47.3 Å². The zero-order chi connectivity index (χ0) is 82.2. The summed E-state index contributed by atoms with van der Waals surface area (Å²) in [7, 11) is 3.96. The van der Waals surface area contributed by atoms with Crippen molar-refractivity contribution < 1.29 is 62.5 Å². The summed E-state index contributed by atoms with van der Waals surface area (Å²) >= 11 is 2.75. The van der Waals surface area contributed by atoms with Gasteiger partial charge in [0, 0.05) is 96.1 Å². The molecule has 2 aromatic heterocycles. The molecule has 14 atom stereocenters. The van der Waals surface area contributed by atoms with E-state index in [0.717, 1.165) is 85.6 Å². The summed E-state index contributed by atoms with van der Waals surface area (Å²) in [5.41, 5.74) is 6.81. The highest BCUT2D eigenvalue weighted by Gasteiger charge is 2.42. The number of nitrogens with two attached hydrogens (primary N) is 2. The summed E-state index contributed by atoms with van der Waals surface area (Å²) < 4.78 is 11.4. The number of hydrazine groups is 2. The number of phenolic OH excluding ortho intramolecular Hbond substituents is 1. The molecule has 0 spiro atoms. The van der Waals surface area contributed by atoms with Crippen molar-refractivity contribution >= 4 is 81.6 Å². The van der Waals surface area contributed by atoms with Gasteiger partial charge in [0.15, 0.2) is 25.0 Å². The molecule has 2 aliphatic heterocycles. The number of likely N-dealkylation sites (N-methyl/N-ethyl adjacent to an activating group) is 2. The quantitative estimate of drug-likeness (QED) is 0.00711. The normalized spacial score (nSPS) is 17.7. The molecule has 0 bridgehead atoms. The van der Waals surface area contributed by atoms with Gasteiger partial charge in [-0.2, -0.15) is 0 Å². The summed E-state index contributed by atoms with van der Waals surface area (Å²) in [5, 5.41) is 20.8. The molecule has 9 N–H and O–H groups in total. The van der Waals surface area contributed by atoms with E-state index in [9.17, 15) is 53.1 Å². The summed E-state index contributed by atoms with van der Waals surface area (Å²) in [6.07, 6.45) is 11.8. The van der Waals surface area contributed by atoms with Crippen molar-refractivity contribution in [3.63, 3.8) is 0 Å². The zero-order valence-electron chi connectivity index (χ0n) is 69.1. The molecule has 6 amide bonds. The average Bonchev–Trinajstić information content (AvgIpc) is 1.70. The maximum atomic E-state index is 14.7. The molecular formula is C86H140N12O13S2. The van der Waals surface area contributed by atoms with E-state index in [1.165, 1.54) is 22.7 Å². The van der Waals surface area contributed by atoms with Crippen LogP contribution in [0.5, 0.6) is 5.75 Å². The summed E-state index contributed by atoms with van der Waals surface area (Å²) in [4.78, 5) is 151. The predicted octanol–water partition coefficient (Wildman–Crippen LogP) is 13.5. The molecule has 2 saturated heterocycles. The lowest BCUT2D eigenvalue weighted by molar-refractivity contribution is -0.161. The van der Waals surface area contributed by atoms with Gasteiger partial charge in [-0.25, -0.2) is 21.7 Å². The van der Waals surface area contributed by atoms with Gasteiger partial charge in [-0.15, -0.1) is 22.7 Å². The van der Waals surface area contributed by atoms with Gasteiger partial charge >= 0.3 is 11.9 Å². The van der Waals surface area contributed by atoms with Gasteiger partial charge in [0.1, 0.15) is 17.1 Å². The van der Waals surface area contributed by atoms with Crippen molar-refractivity contribution in [2.24, 2.45) is 59.0 Å². The molecule has 2 aliphatic rings. The van der Waals surface area contributed by atoms with E-state index in [2.05, 4.69) is 31.3 Å². The Morgan fingerprint density at radius 3 is 1.25 bits per heavy atom. The molecule has 2 aromatic carbocycles. The number of hydrogen-bond donors (Lipinski definition) is 7. The molecule has 634 valence electrons. The van der Waals surface area contributed by atoms with Crippen molar-refractivity contribution in [1.29, 1.82) is 0 Å². The Kier molecular flexibility index (Phi) is 44.7. The lowest BCUT2D eigenvalue weighted by Crippen LogP contribution is -2.50. The standard InChI is InChI=1S/C42H66N6O7S.C42H66N6O6S.2CH4/c1-9-13-38(51)55-25-48(42(54)33(27(5)10-2)23-37(50)35-14-11-12-19-47(35)8)36(26(3)4)21-29(7)41-45-34(24-56-41)40(53)44-31(20-28(6)39(52)46-43)22-30-15-17-32(49)18-16-30;1-9-16-38(50)54-26-48(42(53)33(28(5)10-2)24-37(49)35-19-14-15-20-47(35)8)36(27(3)4)22-30(7)41-45-34(25-55-41)40(52)44-32(21-29(6)39(51)46-43)23-31-17-12-11-13-18-31;;/h15-18,24,26-29,31,33,35-36,49H,9-14,19-23,25,43H2,1-8H3,(H,44,53)(H,46,52);11-13,17-18,25,27-30,32-33,35-36H,9-10,14-16,19-24,26,43H2,1-8H3,(H,44,52)(H,46,51);2*1H4/t27?,28-,29+,31+,33-,35+,36+;28?,29-,30+,32+,33-,35+,36+;;/m00../s1. The molecule has 25 nitrogen and oxygen atoms in total. The number of aromatic hydroxyl groups is 1. The molecule has 2 fully saturated rings. The van der Waals surface area contributed by atoms with Crippen LogP contribution in [0.15, 0.2) is 65.4 Å². The van der Waals surface area contributed by atoms with Crippen LogP contribution >= 0.6 is 22.7 Å². The molecule has 0 saturated carbocycles. The van der Waals surface area contributed by atoms with E-state index >= 15 is 0 Å². The molecule has 0 radical (unpaired) electrons. The Morgan fingerprint density at radius 1 is 0.540 bits per heavy atom. The number of phenols is 1. The van der Waals surface area contributed by atoms with Crippen molar-refractivity contribution in [2.45, 2.75) is 288 Å². The second kappa shape index (κ2) is 50.7. The summed E-state index contributed by atoms with van der Waals surface area (Å²) in [5.74, 6) is 6.14. The number of carbonyl (C=O) groups excluding carboxylic acids is 10. The smallest absolute Gasteiger partial charge is 0.307 e. The minimum atomic E-state index is -0.562. The molecular weight excluding hydrogens is 1470 g/mol. The highest BCUT2D eigenvalue weighted by Crippen LogP contribution is 2.36. The van der Waals surface area contributed by atoms with Gasteiger partial charge in [0.05, 0.1) is 22.1 Å². The number of piperidine rings is 2. The minimum absolute atomic E-state index is 0. The second-order valence-corrected chi connectivity index (χ2v) is 33.7. The number of nitrogens with zero attached hydrogens (tertiary/aromatic N) is 6. The minimum Gasteiger partial charge on any atom is -0.508 e. The molecule has 0 aliphatic carbocycles. The Balaban J connectivity index is 0.000000575. The number of carbonyl (C=O) groups is 10. The van der Waals surface area contributed by atoms with Crippen LogP contribution in [0.2, 0.25) is 0 Å². The van der Waals surface area contributed by atoms with Gasteiger partial charge in [0.2, 0.25) is 23.6 Å². The number of amides is 6. The fraction of sp³-hybridized carbons (Fsp3) is 0.674. The number of hydrogen-bond acceptors (Lipinski definition) is 21. The molecule has 6 rings (SSSR count). The number of benzene rings is 2. The van der Waals surface area contributed by atoms with E-state index in [1.807, 2.05) is 128 Å². The highest BCUT2D eigenvalue weighted by molar-refractivity contribution is 7.10. The fourth-order valence-electron chi connectivity index (χ4n) is 15.0. The van der Waals surface area contributed by atoms with Crippen molar-refractivity contribution in [2.75, 3.05) is 40.6 Å². The van der Waals surface area contributed by atoms with Gasteiger partial charge in [-0.05, 0) is 151 Å². The van der Waals surface area contributed by atoms with Crippen LogP contribution in [-0.2, 0) is 60.7 Å².